The van der Waals surface area contributed by atoms with Crippen molar-refractivity contribution in [2.75, 3.05) is 13.2 Å². The molecule has 1 heterocycles. The fraction of sp³-hybridized carbons (Fsp3) is 0.929. The topological polar surface area (TPSA) is 64.3 Å². The molecule has 1 aliphatic rings. The Bertz CT molecular complexity index is 263. The van der Waals surface area contributed by atoms with E-state index in [2.05, 4.69) is 19.2 Å². The van der Waals surface area contributed by atoms with E-state index >= 15 is 0 Å². The molecule has 2 unspecified atom stereocenters. The monoisotopic (exact) mass is 256 g/mol. The molecule has 0 radical (unpaired) electrons. The molecule has 4 heteroatoms. The van der Waals surface area contributed by atoms with E-state index in [4.69, 9.17) is 10.5 Å². The molecule has 0 spiro atoms. The maximum atomic E-state index is 11.9. The first-order valence-electron chi connectivity index (χ1n) is 7.08. The number of carbonyl (C=O) groups excluding carboxylic acids is 1. The lowest BCUT2D eigenvalue weighted by atomic mass is 9.90. The van der Waals surface area contributed by atoms with E-state index in [0.29, 0.717) is 18.9 Å². The second-order valence-corrected chi connectivity index (χ2v) is 6.08. The van der Waals surface area contributed by atoms with Crippen molar-refractivity contribution in [3.63, 3.8) is 0 Å². The predicted octanol–water partition coefficient (Wildman–Crippen LogP) is 1.83. The first-order valence-corrected chi connectivity index (χ1v) is 7.08. The third kappa shape index (κ3) is 5.36. The summed E-state index contributed by atoms with van der Waals surface area (Å²) in [5, 5.41) is 3.08. The van der Waals surface area contributed by atoms with Crippen molar-refractivity contribution in [3.8, 4) is 0 Å². The van der Waals surface area contributed by atoms with Crippen LogP contribution in [0, 0.1) is 5.92 Å². The molecular weight excluding hydrogens is 228 g/mol. The zero-order valence-corrected chi connectivity index (χ0v) is 12.0. The standard InChI is InChI=1S/C14H28N2O2/c1-11(2)9-14(3,10-15)16-13(17)7-6-12-5-4-8-18-12/h11-12H,4-10,15H2,1-3H3,(H,16,17). The highest BCUT2D eigenvalue weighted by Gasteiger charge is 2.26. The van der Waals surface area contributed by atoms with Crippen molar-refractivity contribution < 1.29 is 9.53 Å². The largest absolute Gasteiger partial charge is 0.378 e. The number of hydrogen-bond acceptors (Lipinski definition) is 3. The van der Waals surface area contributed by atoms with Crippen molar-refractivity contribution >= 4 is 5.91 Å². The van der Waals surface area contributed by atoms with Gasteiger partial charge in [-0.3, -0.25) is 4.79 Å². The zero-order chi connectivity index (χ0) is 13.6. The molecule has 0 bridgehead atoms. The van der Waals surface area contributed by atoms with Crippen molar-refractivity contribution in [2.24, 2.45) is 11.7 Å². The number of carbonyl (C=O) groups is 1. The molecule has 18 heavy (non-hydrogen) atoms. The average molecular weight is 256 g/mol. The van der Waals surface area contributed by atoms with Crippen molar-refractivity contribution in [1.82, 2.24) is 5.32 Å². The van der Waals surface area contributed by atoms with E-state index in [9.17, 15) is 4.79 Å². The Morgan fingerprint density at radius 3 is 2.78 bits per heavy atom. The molecule has 1 rings (SSSR count). The van der Waals surface area contributed by atoms with Crippen LogP contribution >= 0.6 is 0 Å². The van der Waals surface area contributed by atoms with Crippen LogP contribution < -0.4 is 11.1 Å². The smallest absolute Gasteiger partial charge is 0.220 e. The van der Waals surface area contributed by atoms with Crippen LogP contribution in [0.4, 0.5) is 0 Å². The Morgan fingerprint density at radius 1 is 1.56 bits per heavy atom. The summed E-state index contributed by atoms with van der Waals surface area (Å²) >= 11 is 0. The third-order valence-electron chi connectivity index (χ3n) is 3.47. The Morgan fingerprint density at radius 2 is 2.28 bits per heavy atom. The first kappa shape index (κ1) is 15.4. The van der Waals surface area contributed by atoms with Gasteiger partial charge in [-0.05, 0) is 38.5 Å². The summed E-state index contributed by atoms with van der Waals surface area (Å²) in [7, 11) is 0. The van der Waals surface area contributed by atoms with Crippen LogP contribution in [-0.2, 0) is 9.53 Å². The molecule has 1 saturated heterocycles. The highest BCUT2D eigenvalue weighted by atomic mass is 16.5. The van der Waals surface area contributed by atoms with E-state index < -0.39 is 0 Å². The van der Waals surface area contributed by atoms with Crippen LogP contribution in [0.15, 0.2) is 0 Å². The van der Waals surface area contributed by atoms with Gasteiger partial charge in [0.25, 0.3) is 0 Å². The summed E-state index contributed by atoms with van der Waals surface area (Å²) in [6.07, 6.45) is 4.78. The van der Waals surface area contributed by atoms with E-state index in [1.54, 1.807) is 0 Å². The molecule has 0 aromatic heterocycles. The predicted molar refractivity (Wildman–Crippen MR) is 73.3 cm³/mol. The molecule has 0 aromatic rings. The average Bonchev–Trinajstić information content (AvgIpc) is 2.78. The molecule has 1 fully saturated rings. The van der Waals surface area contributed by atoms with Gasteiger partial charge in [-0.2, -0.15) is 0 Å². The minimum Gasteiger partial charge on any atom is -0.378 e. The van der Waals surface area contributed by atoms with Gasteiger partial charge in [0.05, 0.1) is 6.10 Å². The molecular formula is C14H28N2O2. The molecule has 3 N–H and O–H groups in total. The molecule has 1 aliphatic heterocycles. The summed E-state index contributed by atoms with van der Waals surface area (Å²) in [4.78, 5) is 11.9. The summed E-state index contributed by atoms with van der Waals surface area (Å²) in [5.74, 6) is 0.621. The van der Waals surface area contributed by atoms with Crippen LogP contribution in [0.25, 0.3) is 0 Å². The number of hydrogen-bond donors (Lipinski definition) is 2. The van der Waals surface area contributed by atoms with Gasteiger partial charge in [0.15, 0.2) is 0 Å². The van der Waals surface area contributed by atoms with E-state index in [-0.39, 0.29) is 17.6 Å². The molecule has 1 amide bonds. The van der Waals surface area contributed by atoms with Gasteiger partial charge in [-0.15, -0.1) is 0 Å². The summed E-state index contributed by atoms with van der Waals surface area (Å²) in [6.45, 7) is 7.65. The lowest BCUT2D eigenvalue weighted by molar-refractivity contribution is -0.123. The number of nitrogens with two attached hydrogens (primary N) is 1. The molecule has 0 saturated carbocycles. The Hall–Kier alpha value is -0.610. The molecule has 4 nitrogen and oxygen atoms in total. The van der Waals surface area contributed by atoms with E-state index in [0.717, 1.165) is 32.3 Å². The van der Waals surface area contributed by atoms with Crippen molar-refractivity contribution in [3.05, 3.63) is 0 Å². The molecule has 0 aliphatic carbocycles. The SMILES string of the molecule is CC(C)CC(C)(CN)NC(=O)CCC1CCCO1. The molecule has 106 valence electrons. The zero-order valence-electron chi connectivity index (χ0n) is 12.0. The summed E-state index contributed by atoms with van der Waals surface area (Å²) in [5.41, 5.74) is 5.51. The van der Waals surface area contributed by atoms with Crippen LogP contribution in [-0.4, -0.2) is 30.7 Å². The minimum absolute atomic E-state index is 0.0964. The fourth-order valence-electron chi connectivity index (χ4n) is 2.65. The van der Waals surface area contributed by atoms with Gasteiger partial charge in [0.2, 0.25) is 5.91 Å². The normalized spacial score (nSPS) is 23.1. The maximum absolute atomic E-state index is 11.9. The number of ether oxygens (including phenoxy) is 1. The lowest BCUT2D eigenvalue weighted by Crippen LogP contribution is -2.52. The van der Waals surface area contributed by atoms with E-state index in [1.165, 1.54) is 0 Å². The number of nitrogens with one attached hydrogen (secondary N) is 1. The Kier molecular flexibility index (Phi) is 6.09. The fourth-order valence-corrected chi connectivity index (χ4v) is 2.65. The minimum atomic E-state index is -0.276. The molecule has 2 atom stereocenters. The first-order chi connectivity index (χ1) is 8.45. The van der Waals surface area contributed by atoms with Crippen LogP contribution in [0.2, 0.25) is 0 Å². The van der Waals surface area contributed by atoms with Gasteiger partial charge in [-0.25, -0.2) is 0 Å². The highest BCUT2D eigenvalue weighted by Crippen LogP contribution is 2.18. The number of rotatable bonds is 7. The van der Waals surface area contributed by atoms with Crippen LogP contribution in [0.1, 0.15) is 52.9 Å². The quantitative estimate of drug-likeness (QED) is 0.730. The summed E-state index contributed by atoms with van der Waals surface area (Å²) in [6, 6.07) is 0. The molecule has 0 aromatic carbocycles. The van der Waals surface area contributed by atoms with Gasteiger partial charge >= 0.3 is 0 Å². The lowest BCUT2D eigenvalue weighted by Gasteiger charge is -2.31. The van der Waals surface area contributed by atoms with Gasteiger partial charge < -0.3 is 15.8 Å². The van der Waals surface area contributed by atoms with Crippen molar-refractivity contribution in [1.29, 1.82) is 0 Å². The third-order valence-corrected chi connectivity index (χ3v) is 3.47. The Balaban J connectivity index is 2.31. The highest BCUT2D eigenvalue weighted by molar-refractivity contribution is 5.76. The second kappa shape index (κ2) is 7.10. The van der Waals surface area contributed by atoms with Gasteiger partial charge in [0, 0.05) is 25.1 Å². The summed E-state index contributed by atoms with van der Waals surface area (Å²) < 4.78 is 5.52. The van der Waals surface area contributed by atoms with Gasteiger partial charge in [0.1, 0.15) is 0 Å². The second-order valence-electron chi connectivity index (χ2n) is 6.08. The maximum Gasteiger partial charge on any atom is 0.220 e. The number of amides is 1. The van der Waals surface area contributed by atoms with E-state index in [1.807, 2.05) is 6.92 Å². The van der Waals surface area contributed by atoms with Crippen molar-refractivity contribution in [2.45, 2.75) is 64.5 Å². The Labute approximate surface area is 111 Å². The van der Waals surface area contributed by atoms with Crippen LogP contribution in [0.5, 0.6) is 0 Å². The van der Waals surface area contributed by atoms with Gasteiger partial charge in [-0.1, -0.05) is 13.8 Å². The van der Waals surface area contributed by atoms with Crippen LogP contribution in [0.3, 0.4) is 0 Å².